The molecular formula is C43H47F3N6O6S. The van der Waals surface area contributed by atoms with Crippen LogP contribution in [0, 0.1) is 34.2 Å². The van der Waals surface area contributed by atoms with Crippen LogP contribution in [0.3, 0.4) is 0 Å². The van der Waals surface area contributed by atoms with E-state index in [1.165, 1.54) is 53.4 Å². The van der Waals surface area contributed by atoms with Crippen LogP contribution in [0.1, 0.15) is 36.5 Å². The van der Waals surface area contributed by atoms with Crippen molar-refractivity contribution >= 4 is 29.8 Å². The zero-order chi connectivity index (χ0) is 42.0. The first-order valence-corrected chi connectivity index (χ1v) is 20.2. The molecule has 3 atom stereocenters. The number of hydrogen-bond donors (Lipinski definition) is 1. The first-order valence-electron chi connectivity index (χ1n) is 19.3. The molecule has 59 heavy (non-hydrogen) atoms. The van der Waals surface area contributed by atoms with Crippen LogP contribution < -0.4 is 0 Å². The van der Waals surface area contributed by atoms with Gasteiger partial charge in [0.15, 0.2) is 6.29 Å². The van der Waals surface area contributed by atoms with Crippen molar-refractivity contribution in [2.75, 3.05) is 59.6 Å². The van der Waals surface area contributed by atoms with Crippen molar-refractivity contribution in [2.24, 2.45) is 5.41 Å². The highest BCUT2D eigenvalue weighted by atomic mass is 32.2. The van der Waals surface area contributed by atoms with Crippen LogP contribution in [-0.2, 0) is 35.8 Å². The Kier molecular flexibility index (Phi) is 14.3. The highest BCUT2D eigenvalue weighted by Crippen LogP contribution is 2.61. The van der Waals surface area contributed by atoms with Crippen molar-refractivity contribution in [2.45, 2.75) is 48.0 Å². The number of carbonyl (C=O) groups excluding carboxylic acids is 1. The number of halogens is 3. The van der Waals surface area contributed by atoms with E-state index < -0.39 is 63.1 Å². The summed E-state index contributed by atoms with van der Waals surface area (Å²) in [6, 6.07) is 9.18. The molecule has 3 aromatic rings. The molecule has 1 aromatic heterocycles. The molecule has 2 saturated heterocycles. The van der Waals surface area contributed by atoms with Crippen LogP contribution in [0.2, 0.25) is 0 Å². The number of carboxylic acids is 1. The molecule has 1 N–H and O–H groups in total. The number of aliphatic carboxylic acids is 1. The third kappa shape index (κ3) is 9.55. The molecule has 1 aliphatic carbocycles. The molecule has 6 rings (SSSR count). The average molecular weight is 833 g/mol. The predicted molar refractivity (Wildman–Crippen MR) is 215 cm³/mol. The molecule has 3 heterocycles. The van der Waals surface area contributed by atoms with Gasteiger partial charge in [-0.15, -0.1) is 11.8 Å². The van der Waals surface area contributed by atoms with Crippen LogP contribution >= 0.6 is 11.8 Å². The molecule has 0 saturated carbocycles. The second kappa shape index (κ2) is 19.3. The average Bonchev–Trinajstić information content (AvgIpc) is 3.75. The molecule has 2 aromatic carbocycles. The molecule has 16 heteroatoms. The Morgan fingerprint density at radius 3 is 2.49 bits per heavy atom. The van der Waals surface area contributed by atoms with Crippen LogP contribution in [0.4, 0.5) is 13.2 Å². The zero-order valence-corrected chi connectivity index (χ0v) is 33.7. The Morgan fingerprint density at radius 1 is 1.07 bits per heavy atom. The van der Waals surface area contributed by atoms with Crippen LogP contribution in [0.15, 0.2) is 91.6 Å². The fourth-order valence-electron chi connectivity index (χ4n) is 8.11. The van der Waals surface area contributed by atoms with Gasteiger partial charge in [0.1, 0.15) is 42.1 Å². The Balaban J connectivity index is 1.32. The molecule has 3 aliphatic rings. The molecule has 0 spiro atoms. The van der Waals surface area contributed by atoms with Crippen molar-refractivity contribution in [3.63, 3.8) is 0 Å². The van der Waals surface area contributed by atoms with Crippen molar-refractivity contribution in [1.82, 2.24) is 24.6 Å². The summed E-state index contributed by atoms with van der Waals surface area (Å²) in [5.74, 6) is -4.14. The minimum Gasteiger partial charge on any atom is -0.481 e. The molecule has 2 fully saturated rings. The van der Waals surface area contributed by atoms with Gasteiger partial charge in [-0.1, -0.05) is 61.6 Å². The SMILES string of the molecule is CCC(Cn1cncn1)(c1ccc(F)cc1F)[C@@]1(C(=O)O)C=CC=C[C@@]1(COC(=O)CCN1CCN(C)CC1)SC1COC(C=CC=Cc2ccc(C#N)cc2F)OC1. The number of esters is 1. The number of ether oxygens (including phenoxy) is 3. The highest BCUT2D eigenvalue weighted by Gasteiger charge is 2.68. The maximum atomic E-state index is 16.3. The largest absolute Gasteiger partial charge is 0.481 e. The summed E-state index contributed by atoms with van der Waals surface area (Å²) in [5, 5.41) is 24.5. The maximum Gasteiger partial charge on any atom is 0.316 e. The summed E-state index contributed by atoms with van der Waals surface area (Å²) >= 11 is 1.20. The molecule has 0 radical (unpaired) electrons. The summed E-state index contributed by atoms with van der Waals surface area (Å²) in [4.78, 5) is 36.4. The molecule has 1 unspecified atom stereocenters. The number of nitriles is 1. The second-order valence-corrected chi connectivity index (χ2v) is 16.4. The maximum absolute atomic E-state index is 16.3. The Bertz CT molecular complexity index is 2110. The number of allylic oxidation sites excluding steroid dienone is 4. The third-order valence-corrected chi connectivity index (χ3v) is 12.9. The number of piperazine rings is 1. The number of likely N-dealkylation sites (N-methyl/N-ethyl adjacent to an activating group) is 1. The zero-order valence-electron chi connectivity index (χ0n) is 32.9. The van der Waals surface area contributed by atoms with Crippen molar-refractivity contribution in [1.29, 1.82) is 5.26 Å². The van der Waals surface area contributed by atoms with Crippen molar-refractivity contribution in [3.05, 3.63) is 126 Å². The minimum atomic E-state index is -2.06. The van der Waals surface area contributed by atoms with E-state index in [1.54, 1.807) is 49.5 Å². The number of aromatic nitrogens is 3. The number of thioether (sulfide) groups is 1. The van der Waals surface area contributed by atoms with Crippen molar-refractivity contribution < 1.29 is 42.1 Å². The number of nitrogens with zero attached hydrogens (tertiary/aromatic N) is 6. The molecule has 0 bridgehead atoms. The quantitative estimate of drug-likeness (QED) is 0.138. The number of hydrogen-bond acceptors (Lipinski definition) is 11. The second-order valence-electron chi connectivity index (χ2n) is 14.8. The summed E-state index contributed by atoms with van der Waals surface area (Å²) in [7, 11) is 2.04. The van der Waals surface area contributed by atoms with Gasteiger partial charge in [-0.2, -0.15) is 10.4 Å². The molecule has 0 amide bonds. The Labute approximate surface area is 345 Å². The summed E-state index contributed by atoms with van der Waals surface area (Å²) < 4.78 is 63.2. The van der Waals surface area contributed by atoms with Gasteiger partial charge < -0.3 is 29.1 Å². The normalized spacial score (nSPS) is 24.9. The van der Waals surface area contributed by atoms with Gasteiger partial charge in [-0.3, -0.25) is 14.3 Å². The van der Waals surface area contributed by atoms with E-state index in [0.717, 1.165) is 44.4 Å². The highest BCUT2D eigenvalue weighted by molar-refractivity contribution is 8.01. The van der Waals surface area contributed by atoms with E-state index >= 15 is 4.39 Å². The number of carbonyl (C=O) groups is 2. The van der Waals surface area contributed by atoms with Crippen LogP contribution in [-0.4, -0.2) is 117 Å². The lowest BCUT2D eigenvalue weighted by molar-refractivity contribution is -0.158. The first-order chi connectivity index (χ1) is 28.4. The molecule has 12 nitrogen and oxygen atoms in total. The molecule has 312 valence electrons. The minimum absolute atomic E-state index is 0.0317. The number of benzene rings is 2. The standard InChI is InChI=1S/C43H47F3N6O6S/c1-3-41(27-52-30-48-29-49-52,35-13-12-33(44)23-37(35)46)43(40(54)55)16-7-6-15-42(43,28-58-38(53)14-17-51-20-18-50(2)19-21-51)59-34-25-56-39(57-26-34)9-5-4-8-32-11-10-31(24-47)22-36(32)45/h4-13,15-16,22-23,29-30,34,39H,3,14,17-21,25-28H2,1-2H3,(H,54,55)/t34?,39?,41?,42-,43-/m0/s1. The van der Waals surface area contributed by atoms with Gasteiger partial charge in [0.05, 0.1) is 47.8 Å². The lowest BCUT2D eigenvalue weighted by Gasteiger charge is -2.56. The van der Waals surface area contributed by atoms with Gasteiger partial charge in [0.2, 0.25) is 0 Å². The monoisotopic (exact) mass is 832 g/mol. The van der Waals surface area contributed by atoms with Gasteiger partial charge >= 0.3 is 11.9 Å². The summed E-state index contributed by atoms with van der Waals surface area (Å²) in [6.45, 7) is 5.13. The van der Waals surface area contributed by atoms with Gasteiger partial charge in [0, 0.05) is 49.8 Å². The lowest BCUT2D eigenvalue weighted by atomic mass is 9.51. The predicted octanol–water partition coefficient (Wildman–Crippen LogP) is 5.78. The Hall–Kier alpha value is -5.05. The Morgan fingerprint density at radius 2 is 1.83 bits per heavy atom. The van der Waals surface area contributed by atoms with E-state index in [1.807, 2.05) is 13.1 Å². The number of carboxylic acid groups (broad SMARTS) is 1. The van der Waals surface area contributed by atoms with E-state index in [4.69, 9.17) is 19.5 Å². The topological polar surface area (TPSA) is 143 Å². The first kappa shape index (κ1) is 43.5. The fraction of sp³-hybridized carbons (Fsp3) is 0.419. The van der Waals surface area contributed by atoms with E-state index in [2.05, 4.69) is 19.9 Å². The van der Waals surface area contributed by atoms with Crippen LogP contribution in [0.25, 0.3) is 6.08 Å². The van der Waals surface area contributed by atoms with E-state index in [-0.39, 0.29) is 43.7 Å². The van der Waals surface area contributed by atoms with Crippen LogP contribution in [0.5, 0.6) is 0 Å². The smallest absolute Gasteiger partial charge is 0.316 e. The summed E-state index contributed by atoms with van der Waals surface area (Å²) in [6.07, 6.45) is 14.9. The summed E-state index contributed by atoms with van der Waals surface area (Å²) in [5.41, 5.74) is -3.27. The number of rotatable bonds is 16. The molecular weight excluding hydrogens is 786 g/mol. The van der Waals surface area contributed by atoms with E-state index in [9.17, 15) is 23.5 Å². The molecule has 2 aliphatic heterocycles. The van der Waals surface area contributed by atoms with Gasteiger partial charge in [-0.05, 0) is 43.3 Å². The third-order valence-electron chi connectivity index (χ3n) is 11.3. The van der Waals surface area contributed by atoms with Crippen molar-refractivity contribution in [3.8, 4) is 6.07 Å². The van der Waals surface area contributed by atoms with E-state index in [0.29, 0.717) is 12.1 Å². The lowest BCUT2D eigenvalue weighted by Crippen LogP contribution is -2.66. The fourth-order valence-corrected chi connectivity index (χ4v) is 9.82. The van der Waals surface area contributed by atoms with Gasteiger partial charge in [-0.25, -0.2) is 18.2 Å². The van der Waals surface area contributed by atoms with Gasteiger partial charge in [0.25, 0.3) is 0 Å².